The van der Waals surface area contributed by atoms with E-state index < -0.39 is 0 Å². The molecule has 140 valence electrons. The van der Waals surface area contributed by atoms with E-state index in [0.717, 1.165) is 5.92 Å². The standard InChI is InChI=1S/C12H10.C11H24.C2H6/c1-3-7-11(8-4-1)12-9-5-2-6-10-12;1-9(11(5,6)7)8-10(2,3)4;1-2/h1-10H;9H,8H2,1-7H3;1-2H3. The summed E-state index contributed by atoms with van der Waals surface area (Å²) in [6.45, 7) is 20.3. The Morgan fingerprint density at radius 2 is 0.960 bits per heavy atom. The van der Waals surface area contributed by atoms with Crippen LogP contribution in [0, 0.1) is 16.7 Å². The lowest BCUT2D eigenvalue weighted by molar-refractivity contribution is 0.182. The number of rotatable bonds is 2. The van der Waals surface area contributed by atoms with Crippen molar-refractivity contribution in [3.05, 3.63) is 60.7 Å². The fourth-order valence-corrected chi connectivity index (χ4v) is 2.49. The van der Waals surface area contributed by atoms with Crippen LogP contribution in [0.5, 0.6) is 0 Å². The van der Waals surface area contributed by atoms with E-state index in [0.29, 0.717) is 10.8 Å². The summed E-state index contributed by atoms with van der Waals surface area (Å²) in [6, 6.07) is 20.8. The summed E-state index contributed by atoms with van der Waals surface area (Å²) in [4.78, 5) is 0. The summed E-state index contributed by atoms with van der Waals surface area (Å²) in [5.74, 6) is 0.808. The monoisotopic (exact) mass is 340 g/mol. The Labute approximate surface area is 157 Å². The van der Waals surface area contributed by atoms with Gasteiger partial charge in [-0.15, -0.1) is 0 Å². The number of benzene rings is 2. The minimum Gasteiger partial charge on any atom is -0.0683 e. The Morgan fingerprint density at radius 3 is 1.16 bits per heavy atom. The van der Waals surface area contributed by atoms with Crippen molar-refractivity contribution in [1.82, 2.24) is 0 Å². The van der Waals surface area contributed by atoms with Crippen LogP contribution in [0.3, 0.4) is 0 Å². The Morgan fingerprint density at radius 1 is 0.640 bits per heavy atom. The summed E-state index contributed by atoms with van der Waals surface area (Å²) >= 11 is 0. The van der Waals surface area contributed by atoms with Gasteiger partial charge in [0.1, 0.15) is 0 Å². The Bertz CT molecular complexity index is 501. The molecule has 2 aromatic rings. The van der Waals surface area contributed by atoms with Gasteiger partial charge in [0.15, 0.2) is 0 Å². The van der Waals surface area contributed by atoms with E-state index in [1.54, 1.807) is 0 Å². The van der Waals surface area contributed by atoms with Crippen LogP contribution in [-0.4, -0.2) is 0 Å². The van der Waals surface area contributed by atoms with Gasteiger partial charge in [0.25, 0.3) is 0 Å². The van der Waals surface area contributed by atoms with Crippen LogP contribution in [0.1, 0.15) is 68.7 Å². The molecule has 1 atom stereocenters. The summed E-state index contributed by atoms with van der Waals surface area (Å²) in [5, 5.41) is 0. The van der Waals surface area contributed by atoms with Gasteiger partial charge in [-0.05, 0) is 34.3 Å². The highest BCUT2D eigenvalue weighted by Gasteiger charge is 2.24. The quantitative estimate of drug-likeness (QED) is 0.514. The van der Waals surface area contributed by atoms with E-state index in [1.165, 1.54) is 17.5 Å². The Kier molecular flexibility index (Phi) is 10.4. The first-order chi connectivity index (χ1) is 11.6. The lowest BCUT2D eigenvalue weighted by Crippen LogP contribution is -2.22. The van der Waals surface area contributed by atoms with Crippen LogP contribution >= 0.6 is 0 Å². The molecular weight excluding hydrogens is 300 g/mol. The first-order valence-corrected chi connectivity index (χ1v) is 9.70. The normalized spacial score (nSPS) is 12.2. The van der Waals surface area contributed by atoms with Gasteiger partial charge in [-0.1, -0.05) is 123 Å². The smallest absolute Gasteiger partial charge is 0.0184 e. The molecule has 0 heteroatoms. The molecule has 0 aliphatic rings. The van der Waals surface area contributed by atoms with Gasteiger partial charge in [-0.2, -0.15) is 0 Å². The maximum atomic E-state index is 2.35. The number of hydrogen-bond donors (Lipinski definition) is 0. The van der Waals surface area contributed by atoms with Gasteiger partial charge in [0.05, 0.1) is 0 Å². The van der Waals surface area contributed by atoms with Crippen molar-refractivity contribution in [3.63, 3.8) is 0 Å². The van der Waals surface area contributed by atoms with Crippen LogP contribution in [-0.2, 0) is 0 Å². The van der Waals surface area contributed by atoms with Gasteiger partial charge < -0.3 is 0 Å². The predicted molar refractivity (Wildman–Crippen MR) is 116 cm³/mol. The second-order valence-electron chi connectivity index (χ2n) is 8.76. The largest absolute Gasteiger partial charge is 0.0683 e. The minimum atomic E-state index is 0.466. The maximum Gasteiger partial charge on any atom is -0.0184 e. The van der Waals surface area contributed by atoms with Crippen molar-refractivity contribution < 1.29 is 0 Å². The number of hydrogen-bond acceptors (Lipinski definition) is 0. The fourth-order valence-electron chi connectivity index (χ4n) is 2.49. The van der Waals surface area contributed by atoms with Crippen LogP contribution in [0.15, 0.2) is 60.7 Å². The molecule has 0 saturated heterocycles. The molecule has 0 aromatic heterocycles. The molecule has 0 aliphatic heterocycles. The van der Waals surface area contributed by atoms with Crippen molar-refractivity contribution in [2.24, 2.45) is 16.7 Å². The topological polar surface area (TPSA) is 0 Å². The first-order valence-electron chi connectivity index (χ1n) is 9.70. The third-order valence-electron chi connectivity index (χ3n) is 4.28. The second kappa shape index (κ2) is 11.1. The minimum absolute atomic E-state index is 0.466. The van der Waals surface area contributed by atoms with Crippen molar-refractivity contribution in [2.75, 3.05) is 0 Å². The van der Waals surface area contributed by atoms with Gasteiger partial charge in [0.2, 0.25) is 0 Å². The van der Waals surface area contributed by atoms with Gasteiger partial charge in [0, 0.05) is 0 Å². The van der Waals surface area contributed by atoms with E-state index in [-0.39, 0.29) is 0 Å². The van der Waals surface area contributed by atoms with Crippen molar-refractivity contribution in [3.8, 4) is 11.1 Å². The molecule has 2 rings (SSSR count). The maximum absolute atomic E-state index is 2.35. The molecule has 0 N–H and O–H groups in total. The lowest BCUT2D eigenvalue weighted by atomic mass is 9.73. The molecule has 0 spiro atoms. The summed E-state index contributed by atoms with van der Waals surface area (Å²) in [6.07, 6.45) is 1.32. The molecule has 0 radical (unpaired) electrons. The molecule has 25 heavy (non-hydrogen) atoms. The SMILES string of the molecule is CC.CC(CC(C)(C)C)C(C)(C)C.c1ccc(-c2ccccc2)cc1. The van der Waals surface area contributed by atoms with Gasteiger partial charge in [-0.25, -0.2) is 0 Å². The zero-order chi connectivity index (χ0) is 19.5. The van der Waals surface area contributed by atoms with Gasteiger partial charge >= 0.3 is 0 Å². The van der Waals surface area contributed by atoms with Crippen LogP contribution in [0.25, 0.3) is 11.1 Å². The van der Waals surface area contributed by atoms with E-state index >= 15 is 0 Å². The lowest BCUT2D eigenvalue weighted by Gasteiger charge is -2.32. The zero-order valence-electron chi connectivity index (χ0n) is 18.1. The predicted octanol–water partition coefficient (Wildman–Crippen LogP) is 8.48. The molecule has 0 saturated carbocycles. The average Bonchev–Trinajstić information content (AvgIpc) is 2.57. The highest BCUT2D eigenvalue weighted by molar-refractivity contribution is 5.62. The third kappa shape index (κ3) is 10.8. The van der Waals surface area contributed by atoms with E-state index in [2.05, 4.69) is 97.0 Å². The van der Waals surface area contributed by atoms with Crippen LogP contribution < -0.4 is 0 Å². The first kappa shape index (κ1) is 23.4. The molecule has 2 aromatic carbocycles. The van der Waals surface area contributed by atoms with Crippen LogP contribution in [0.2, 0.25) is 0 Å². The summed E-state index contributed by atoms with van der Waals surface area (Å²) in [7, 11) is 0. The third-order valence-corrected chi connectivity index (χ3v) is 4.28. The average molecular weight is 341 g/mol. The molecule has 1 unspecified atom stereocenters. The molecule has 0 bridgehead atoms. The highest BCUT2D eigenvalue weighted by Crippen LogP contribution is 2.35. The second-order valence-corrected chi connectivity index (χ2v) is 8.76. The Hall–Kier alpha value is -1.56. The zero-order valence-corrected chi connectivity index (χ0v) is 18.1. The van der Waals surface area contributed by atoms with Gasteiger partial charge in [-0.3, -0.25) is 0 Å². The van der Waals surface area contributed by atoms with E-state index in [4.69, 9.17) is 0 Å². The van der Waals surface area contributed by atoms with E-state index in [9.17, 15) is 0 Å². The fraction of sp³-hybridized carbons (Fsp3) is 0.520. The molecule has 0 amide bonds. The van der Waals surface area contributed by atoms with Crippen molar-refractivity contribution in [1.29, 1.82) is 0 Å². The summed E-state index contributed by atoms with van der Waals surface area (Å²) < 4.78 is 0. The van der Waals surface area contributed by atoms with Crippen LogP contribution in [0.4, 0.5) is 0 Å². The molecule has 0 heterocycles. The molecule has 0 aliphatic carbocycles. The molecule has 0 fully saturated rings. The van der Waals surface area contributed by atoms with Crippen molar-refractivity contribution >= 4 is 0 Å². The molecular formula is C25H40. The van der Waals surface area contributed by atoms with E-state index in [1.807, 2.05) is 26.0 Å². The molecule has 0 nitrogen and oxygen atoms in total. The van der Waals surface area contributed by atoms with Crippen molar-refractivity contribution in [2.45, 2.75) is 68.7 Å². The summed E-state index contributed by atoms with van der Waals surface area (Å²) in [5.41, 5.74) is 3.50. The Balaban J connectivity index is 0.000000422. The highest BCUT2D eigenvalue weighted by atomic mass is 14.3.